The van der Waals surface area contributed by atoms with Crippen molar-refractivity contribution >= 4 is 26.7 Å². The Morgan fingerprint density at radius 2 is 1.70 bits per heavy atom. The number of hydrogen-bond donors (Lipinski definition) is 1. The van der Waals surface area contributed by atoms with Gasteiger partial charge in [0.2, 0.25) is 15.9 Å². The molecule has 1 heterocycles. The number of carbonyl (C=O) groups excluding carboxylic acids is 1. The minimum atomic E-state index is -3.51. The van der Waals surface area contributed by atoms with Gasteiger partial charge >= 0.3 is 0 Å². The zero-order valence-corrected chi connectivity index (χ0v) is 19.1. The Hall–Kier alpha value is -2.97. The van der Waals surface area contributed by atoms with Gasteiger partial charge in [-0.05, 0) is 53.4 Å². The maximum atomic E-state index is 13.0. The monoisotopic (exact) mass is 470 g/mol. The second-order valence-electron chi connectivity index (χ2n) is 8.20. The van der Waals surface area contributed by atoms with Gasteiger partial charge in [0.05, 0.1) is 12.3 Å². The van der Waals surface area contributed by atoms with Crippen molar-refractivity contribution in [3.63, 3.8) is 0 Å². The summed E-state index contributed by atoms with van der Waals surface area (Å²) in [5.74, 6) is -0.111. The molecule has 8 heteroatoms. The van der Waals surface area contributed by atoms with Gasteiger partial charge in [-0.3, -0.25) is 4.79 Å². The molecule has 33 heavy (non-hydrogen) atoms. The molecule has 0 aromatic heterocycles. The number of ether oxygens (including phenoxy) is 1. The summed E-state index contributed by atoms with van der Waals surface area (Å²) in [7, 11) is -3.51. The van der Waals surface area contributed by atoms with Crippen LogP contribution in [0.25, 0.3) is 10.8 Å². The first-order valence-corrected chi connectivity index (χ1v) is 12.6. The summed E-state index contributed by atoms with van der Waals surface area (Å²) in [6.07, 6.45) is 0.944. The van der Waals surface area contributed by atoms with E-state index in [4.69, 9.17) is 4.74 Å². The fraction of sp³-hybridized carbons (Fsp3) is 0.320. The lowest BCUT2D eigenvalue weighted by atomic mass is 9.97. The van der Waals surface area contributed by atoms with Crippen molar-refractivity contribution in [1.82, 2.24) is 9.62 Å². The van der Waals surface area contributed by atoms with E-state index in [1.807, 2.05) is 42.5 Å². The minimum Gasteiger partial charge on any atom is -0.492 e. The van der Waals surface area contributed by atoms with Gasteiger partial charge in [-0.15, -0.1) is 0 Å². The van der Waals surface area contributed by atoms with E-state index in [-0.39, 0.29) is 17.6 Å². The molecule has 0 spiro atoms. The van der Waals surface area contributed by atoms with Crippen LogP contribution < -0.4 is 10.1 Å². The van der Waals surface area contributed by atoms with Gasteiger partial charge in [0, 0.05) is 19.0 Å². The van der Waals surface area contributed by atoms with Crippen LogP contribution in [0.4, 0.5) is 4.39 Å². The zero-order valence-electron chi connectivity index (χ0n) is 18.2. The Kier molecular flexibility index (Phi) is 7.25. The van der Waals surface area contributed by atoms with Crippen molar-refractivity contribution in [1.29, 1.82) is 0 Å². The lowest BCUT2D eigenvalue weighted by molar-refractivity contribution is -0.126. The summed E-state index contributed by atoms with van der Waals surface area (Å²) in [4.78, 5) is 12.5. The Morgan fingerprint density at radius 3 is 2.42 bits per heavy atom. The highest BCUT2D eigenvalue weighted by Crippen LogP contribution is 2.22. The van der Waals surface area contributed by atoms with Crippen LogP contribution in [0.15, 0.2) is 66.7 Å². The summed E-state index contributed by atoms with van der Waals surface area (Å²) in [6, 6.07) is 19.4. The van der Waals surface area contributed by atoms with Crippen molar-refractivity contribution in [2.75, 3.05) is 26.2 Å². The van der Waals surface area contributed by atoms with Crippen LogP contribution >= 0.6 is 0 Å². The van der Waals surface area contributed by atoms with Gasteiger partial charge in [-0.2, -0.15) is 0 Å². The number of amides is 1. The Labute approximate surface area is 193 Å². The standard InChI is InChI=1S/C25H27FN2O4S/c26-23-8-5-19(6-9-23)18-33(30,31)28-14-11-21(12-15-28)25(29)27-13-16-32-24-10-7-20-3-1-2-4-22(20)17-24/h1-10,17,21H,11-16,18H2,(H,27,29). The average molecular weight is 471 g/mol. The predicted molar refractivity (Wildman–Crippen MR) is 126 cm³/mol. The minimum absolute atomic E-state index is 0.0762. The number of halogens is 1. The van der Waals surface area contributed by atoms with E-state index >= 15 is 0 Å². The number of sulfonamides is 1. The highest BCUT2D eigenvalue weighted by molar-refractivity contribution is 7.88. The number of carbonyl (C=O) groups is 1. The molecule has 3 aromatic carbocycles. The van der Waals surface area contributed by atoms with E-state index in [0.29, 0.717) is 44.6 Å². The molecule has 1 amide bonds. The lowest BCUT2D eigenvalue weighted by Crippen LogP contribution is -2.43. The molecule has 0 atom stereocenters. The normalized spacial score (nSPS) is 15.4. The summed E-state index contributed by atoms with van der Waals surface area (Å²) < 4.78 is 45.5. The van der Waals surface area contributed by atoms with Crippen LogP contribution in [0.1, 0.15) is 18.4 Å². The molecule has 1 saturated heterocycles. The molecular weight excluding hydrogens is 443 g/mol. The van der Waals surface area contributed by atoms with E-state index in [0.717, 1.165) is 16.5 Å². The molecule has 174 valence electrons. The first kappa shape index (κ1) is 23.2. The first-order chi connectivity index (χ1) is 15.9. The third-order valence-electron chi connectivity index (χ3n) is 5.87. The third-order valence-corrected chi connectivity index (χ3v) is 7.72. The fourth-order valence-corrected chi connectivity index (χ4v) is 5.59. The smallest absolute Gasteiger partial charge is 0.223 e. The number of nitrogens with one attached hydrogen (secondary N) is 1. The number of benzene rings is 3. The molecule has 0 saturated carbocycles. The lowest BCUT2D eigenvalue weighted by Gasteiger charge is -2.30. The molecule has 0 unspecified atom stereocenters. The third kappa shape index (κ3) is 6.09. The van der Waals surface area contributed by atoms with Crippen LogP contribution in [0.5, 0.6) is 5.75 Å². The maximum absolute atomic E-state index is 13.0. The van der Waals surface area contributed by atoms with Crippen molar-refractivity contribution in [2.24, 2.45) is 5.92 Å². The Balaban J connectivity index is 1.20. The molecule has 0 bridgehead atoms. The molecule has 0 aliphatic carbocycles. The molecule has 6 nitrogen and oxygen atoms in total. The fourth-order valence-electron chi connectivity index (χ4n) is 4.02. The second kappa shape index (κ2) is 10.3. The molecule has 3 aromatic rings. The van der Waals surface area contributed by atoms with Crippen LogP contribution in [0.2, 0.25) is 0 Å². The summed E-state index contributed by atoms with van der Waals surface area (Å²) >= 11 is 0. The highest BCUT2D eigenvalue weighted by atomic mass is 32.2. The number of nitrogens with zero attached hydrogens (tertiary/aromatic N) is 1. The molecule has 1 N–H and O–H groups in total. The summed E-state index contributed by atoms with van der Waals surface area (Å²) in [5, 5.41) is 5.13. The molecule has 1 aliphatic heterocycles. The number of piperidine rings is 1. The second-order valence-corrected chi connectivity index (χ2v) is 10.2. The molecule has 4 rings (SSSR count). The van der Waals surface area contributed by atoms with Crippen molar-refractivity contribution in [3.05, 3.63) is 78.1 Å². The van der Waals surface area contributed by atoms with Crippen LogP contribution in [0.3, 0.4) is 0 Å². The predicted octanol–water partition coefficient (Wildman–Crippen LogP) is 3.72. The van der Waals surface area contributed by atoms with E-state index in [1.165, 1.54) is 28.6 Å². The van der Waals surface area contributed by atoms with Gasteiger partial charge in [0.15, 0.2) is 0 Å². The molecule has 0 radical (unpaired) electrons. The molecule has 1 fully saturated rings. The quantitative estimate of drug-likeness (QED) is 0.509. The van der Waals surface area contributed by atoms with Crippen molar-refractivity contribution < 1.29 is 22.3 Å². The highest BCUT2D eigenvalue weighted by Gasteiger charge is 2.31. The topological polar surface area (TPSA) is 75.7 Å². The van der Waals surface area contributed by atoms with E-state index in [2.05, 4.69) is 5.32 Å². The largest absolute Gasteiger partial charge is 0.492 e. The van der Waals surface area contributed by atoms with Gasteiger partial charge in [-0.25, -0.2) is 17.1 Å². The maximum Gasteiger partial charge on any atom is 0.223 e. The zero-order chi connectivity index (χ0) is 23.3. The van der Waals surface area contributed by atoms with E-state index < -0.39 is 15.8 Å². The summed E-state index contributed by atoms with van der Waals surface area (Å²) in [5.41, 5.74) is 0.544. The van der Waals surface area contributed by atoms with E-state index in [9.17, 15) is 17.6 Å². The Bertz CT molecular complexity index is 1210. The van der Waals surface area contributed by atoms with Gasteiger partial charge in [0.1, 0.15) is 18.2 Å². The SMILES string of the molecule is O=C(NCCOc1ccc2ccccc2c1)C1CCN(S(=O)(=O)Cc2ccc(F)cc2)CC1. The van der Waals surface area contributed by atoms with Crippen LogP contribution in [-0.2, 0) is 20.6 Å². The van der Waals surface area contributed by atoms with Gasteiger partial charge in [-0.1, -0.05) is 42.5 Å². The van der Waals surface area contributed by atoms with Gasteiger partial charge < -0.3 is 10.1 Å². The van der Waals surface area contributed by atoms with Gasteiger partial charge in [0.25, 0.3) is 0 Å². The van der Waals surface area contributed by atoms with Crippen molar-refractivity contribution in [3.8, 4) is 5.75 Å². The number of hydrogen-bond acceptors (Lipinski definition) is 4. The molecule has 1 aliphatic rings. The summed E-state index contributed by atoms with van der Waals surface area (Å²) in [6.45, 7) is 1.34. The number of fused-ring (bicyclic) bond motifs is 1. The van der Waals surface area contributed by atoms with Crippen LogP contribution in [0, 0.1) is 11.7 Å². The number of rotatable bonds is 8. The van der Waals surface area contributed by atoms with Crippen LogP contribution in [-0.4, -0.2) is 44.9 Å². The molecular formula is C25H27FN2O4S. The first-order valence-electron chi connectivity index (χ1n) is 11.0. The Morgan fingerprint density at radius 1 is 1.00 bits per heavy atom. The van der Waals surface area contributed by atoms with Crippen molar-refractivity contribution in [2.45, 2.75) is 18.6 Å². The average Bonchev–Trinajstić information content (AvgIpc) is 2.83. The van der Waals surface area contributed by atoms with E-state index in [1.54, 1.807) is 0 Å².